The summed E-state index contributed by atoms with van der Waals surface area (Å²) in [6.45, 7) is 0. The van der Waals surface area contributed by atoms with Gasteiger partial charge in [0.05, 0.1) is 32.0 Å². The van der Waals surface area contributed by atoms with Crippen molar-refractivity contribution in [1.29, 1.82) is 0 Å². The molecule has 1 heterocycles. The number of hydrogen-bond donors (Lipinski definition) is 2. The molecule has 0 unspecified atom stereocenters. The lowest BCUT2D eigenvalue weighted by molar-refractivity contribution is 0.395. The van der Waals surface area contributed by atoms with Gasteiger partial charge in [-0.3, -0.25) is 0 Å². The van der Waals surface area contributed by atoms with Crippen LogP contribution < -0.4 is 24.8 Å². The van der Waals surface area contributed by atoms with E-state index in [-0.39, 0.29) is 0 Å². The Morgan fingerprint density at radius 3 is 2.37 bits per heavy atom. The monoisotopic (exact) mass is 386 g/mol. The highest BCUT2D eigenvalue weighted by atomic mass is 35.5. The number of rotatable bonds is 7. The summed E-state index contributed by atoms with van der Waals surface area (Å²) in [6.07, 6.45) is 1.65. The molecule has 7 nitrogen and oxygen atoms in total. The molecule has 3 aromatic rings. The number of benzene rings is 2. The lowest BCUT2D eigenvalue weighted by Gasteiger charge is -2.12. The fourth-order valence-corrected chi connectivity index (χ4v) is 2.66. The second kappa shape index (κ2) is 8.46. The molecule has 27 heavy (non-hydrogen) atoms. The van der Waals surface area contributed by atoms with Crippen molar-refractivity contribution in [2.75, 3.05) is 32.0 Å². The third-order valence-electron chi connectivity index (χ3n) is 3.73. The molecule has 0 bridgehead atoms. The van der Waals surface area contributed by atoms with Crippen molar-refractivity contribution in [1.82, 2.24) is 9.97 Å². The Bertz CT molecular complexity index is 937. The summed E-state index contributed by atoms with van der Waals surface area (Å²) in [4.78, 5) is 8.70. The molecule has 0 fully saturated rings. The van der Waals surface area contributed by atoms with Crippen molar-refractivity contribution in [3.05, 3.63) is 53.7 Å². The van der Waals surface area contributed by atoms with Crippen LogP contribution in [0.1, 0.15) is 0 Å². The molecule has 0 radical (unpaired) electrons. The van der Waals surface area contributed by atoms with Gasteiger partial charge in [-0.05, 0) is 36.4 Å². The van der Waals surface area contributed by atoms with Crippen LogP contribution in [0.3, 0.4) is 0 Å². The zero-order chi connectivity index (χ0) is 19.2. The molecule has 2 aromatic carbocycles. The summed E-state index contributed by atoms with van der Waals surface area (Å²) < 4.78 is 15.7. The minimum atomic E-state index is 0.420. The molecule has 8 heteroatoms. The highest BCUT2D eigenvalue weighted by Crippen LogP contribution is 2.31. The number of hydrogen-bond acceptors (Lipinski definition) is 7. The summed E-state index contributed by atoms with van der Waals surface area (Å²) in [7, 11) is 4.77. The van der Waals surface area contributed by atoms with Crippen molar-refractivity contribution in [3.63, 3.8) is 0 Å². The van der Waals surface area contributed by atoms with Crippen LogP contribution in [-0.4, -0.2) is 31.3 Å². The Hall–Kier alpha value is -3.19. The fourth-order valence-electron chi connectivity index (χ4n) is 2.40. The summed E-state index contributed by atoms with van der Waals surface area (Å²) >= 11 is 6.16. The van der Waals surface area contributed by atoms with Gasteiger partial charge in [-0.2, -0.15) is 4.98 Å². The van der Waals surface area contributed by atoms with Crippen molar-refractivity contribution < 1.29 is 14.2 Å². The van der Waals surface area contributed by atoms with Crippen molar-refractivity contribution >= 4 is 34.7 Å². The standard InChI is InChI=1S/C19H19ClN4O3/c1-25-13-5-6-15(17(11-13)27-3)23-19-21-9-8-18(24-19)22-12-4-7-16(26-2)14(20)10-12/h4-11H,1-3H3,(H2,21,22,23,24). The number of methoxy groups -OCH3 is 3. The van der Waals surface area contributed by atoms with E-state index >= 15 is 0 Å². The van der Waals surface area contributed by atoms with Gasteiger partial charge in [0.2, 0.25) is 5.95 Å². The second-order valence-electron chi connectivity index (χ2n) is 5.43. The van der Waals surface area contributed by atoms with E-state index in [0.717, 1.165) is 11.4 Å². The minimum Gasteiger partial charge on any atom is -0.497 e. The van der Waals surface area contributed by atoms with Crippen LogP contribution in [0.2, 0.25) is 5.02 Å². The molecule has 2 N–H and O–H groups in total. The third kappa shape index (κ3) is 4.51. The van der Waals surface area contributed by atoms with E-state index in [1.54, 1.807) is 51.8 Å². The Kier molecular flexibility index (Phi) is 5.83. The first-order valence-electron chi connectivity index (χ1n) is 8.05. The van der Waals surface area contributed by atoms with Gasteiger partial charge in [0.1, 0.15) is 23.1 Å². The molecule has 0 spiro atoms. The zero-order valence-electron chi connectivity index (χ0n) is 15.1. The second-order valence-corrected chi connectivity index (χ2v) is 5.84. The topological polar surface area (TPSA) is 77.5 Å². The number of ether oxygens (including phenoxy) is 3. The highest BCUT2D eigenvalue weighted by molar-refractivity contribution is 6.32. The Labute approximate surface area is 162 Å². The number of nitrogens with one attached hydrogen (secondary N) is 2. The molecule has 0 aliphatic carbocycles. The molecule has 0 amide bonds. The molecule has 0 saturated carbocycles. The van der Waals surface area contributed by atoms with Gasteiger partial charge in [-0.25, -0.2) is 4.98 Å². The Morgan fingerprint density at radius 2 is 1.67 bits per heavy atom. The van der Waals surface area contributed by atoms with Gasteiger partial charge in [-0.15, -0.1) is 0 Å². The summed E-state index contributed by atoms with van der Waals surface area (Å²) in [5.41, 5.74) is 1.51. The first-order valence-corrected chi connectivity index (χ1v) is 8.43. The highest BCUT2D eigenvalue weighted by Gasteiger charge is 2.08. The van der Waals surface area contributed by atoms with Crippen LogP contribution >= 0.6 is 11.6 Å². The number of halogens is 1. The summed E-state index contributed by atoms with van der Waals surface area (Å²) in [5.74, 6) is 2.96. The molecule has 3 rings (SSSR count). The molecular formula is C19H19ClN4O3. The lowest BCUT2D eigenvalue weighted by atomic mass is 10.2. The van der Waals surface area contributed by atoms with Gasteiger partial charge in [0, 0.05) is 18.0 Å². The van der Waals surface area contributed by atoms with E-state index < -0.39 is 0 Å². The Morgan fingerprint density at radius 1 is 0.852 bits per heavy atom. The SMILES string of the molecule is COc1ccc(Nc2nccc(Nc3ccc(OC)c(Cl)c3)n2)c(OC)c1. The van der Waals surface area contributed by atoms with Gasteiger partial charge < -0.3 is 24.8 Å². The van der Waals surface area contributed by atoms with E-state index in [2.05, 4.69) is 20.6 Å². The zero-order valence-corrected chi connectivity index (χ0v) is 15.9. The average Bonchev–Trinajstić information content (AvgIpc) is 2.69. The van der Waals surface area contributed by atoms with E-state index in [1.165, 1.54) is 0 Å². The van der Waals surface area contributed by atoms with Gasteiger partial charge in [0.15, 0.2) is 0 Å². The summed E-state index contributed by atoms with van der Waals surface area (Å²) in [5, 5.41) is 6.84. The third-order valence-corrected chi connectivity index (χ3v) is 4.03. The van der Waals surface area contributed by atoms with E-state index in [0.29, 0.717) is 34.0 Å². The molecule has 0 saturated heterocycles. The average molecular weight is 387 g/mol. The molecule has 0 atom stereocenters. The number of anilines is 4. The van der Waals surface area contributed by atoms with Crippen LogP contribution in [0, 0.1) is 0 Å². The minimum absolute atomic E-state index is 0.420. The van der Waals surface area contributed by atoms with Crippen LogP contribution in [0.15, 0.2) is 48.7 Å². The number of aromatic nitrogens is 2. The Balaban J connectivity index is 1.79. The van der Waals surface area contributed by atoms with Crippen molar-refractivity contribution in [2.45, 2.75) is 0 Å². The van der Waals surface area contributed by atoms with Gasteiger partial charge in [-0.1, -0.05) is 11.6 Å². The smallest absolute Gasteiger partial charge is 0.229 e. The van der Waals surface area contributed by atoms with Crippen molar-refractivity contribution in [3.8, 4) is 17.2 Å². The van der Waals surface area contributed by atoms with E-state index in [9.17, 15) is 0 Å². The molecule has 1 aromatic heterocycles. The maximum atomic E-state index is 6.16. The van der Waals surface area contributed by atoms with Crippen LogP contribution in [0.4, 0.5) is 23.1 Å². The predicted octanol–water partition coefficient (Wildman–Crippen LogP) is 4.64. The molecule has 140 valence electrons. The van der Waals surface area contributed by atoms with Crippen LogP contribution in [0.25, 0.3) is 0 Å². The molecular weight excluding hydrogens is 368 g/mol. The van der Waals surface area contributed by atoms with Crippen molar-refractivity contribution in [2.24, 2.45) is 0 Å². The van der Waals surface area contributed by atoms with Gasteiger partial charge >= 0.3 is 0 Å². The summed E-state index contributed by atoms with van der Waals surface area (Å²) in [6, 6.07) is 12.6. The van der Waals surface area contributed by atoms with E-state index in [1.807, 2.05) is 18.2 Å². The predicted molar refractivity (Wildman–Crippen MR) is 106 cm³/mol. The quantitative estimate of drug-likeness (QED) is 0.612. The molecule has 0 aliphatic rings. The molecule has 0 aliphatic heterocycles. The first-order chi connectivity index (χ1) is 13.1. The van der Waals surface area contributed by atoms with Gasteiger partial charge in [0.25, 0.3) is 0 Å². The maximum absolute atomic E-state index is 6.16. The maximum Gasteiger partial charge on any atom is 0.229 e. The fraction of sp³-hybridized carbons (Fsp3) is 0.158. The normalized spacial score (nSPS) is 10.2. The van der Waals surface area contributed by atoms with E-state index in [4.69, 9.17) is 25.8 Å². The lowest BCUT2D eigenvalue weighted by Crippen LogP contribution is -2.02. The van der Waals surface area contributed by atoms with Crippen LogP contribution in [-0.2, 0) is 0 Å². The number of nitrogens with zero attached hydrogens (tertiary/aromatic N) is 2. The first kappa shape index (κ1) is 18.6. The largest absolute Gasteiger partial charge is 0.497 e. The van der Waals surface area contributed by atoms with Crippen LogP contribution in [0.5, 0.6) is 17.2 Å².